The summed E-state index contributed by atoms with van der Waals surface area (Å²) in [5.41, 5.74) is 4.02. The molecule has 33 heavy (non-hydrogen) atoms. The third-order valence-corrected chi connectivity index (χ3v) is 5.45. The molecule has 0 saturated heterocycles. The summed E-state index contributed by atoms with van der Waals surface area (Å²) in [6.45, 7) is 2.86. The van der Waals surface area contributed by atoms with E-state index in [1.807, 2.05) is 48.5 Å². The molecule has 2 N–H and O–H groups in total. The maximum Gasteiger partial charge on any atom is 0.412 e. The molecule has 2 aromatic carbocycles. The fourth-order valence-corrected chi connectivity index (χ4v) is 3.91. The average Bonchev–Trinajstić information content (AvgIpc) is 3.38. The number of carboxylic acids is 1. The monoisotopic (exact) mass is 450 g/mol. The Kier molecular flexibility index (Phi) is 6.07. The molecule has 2 amide bonds. The highest BCUT2D eigenvalue weighted by Gasteiger charge is 2.31. The molecule has 0 radical (unpaired) electrons. The number of benzene rings is 2. The highest BCUT2D eigenvalue weighted by atomic mass is 16.6. The Morgan fingerprint density at radius 3 is 2.24 bits per heavy atom. The highest BCUT2D eigenvalue weighted by molar-refractivity contribution is 6.00. The number of aromatic nitrogens is 2. The fourth-order valence-electron chi connectivity index (χ4n) is 3.91. The van der Waals surface area contributed by atoms with Crippen LogP contribution >= 0.6 is 0 Å². The Hall–Kier alpha value is -4.21. The number of nitrogens with zero attached hydrogens (tertiary/aromatic N) is 3. The van der Waals surface area contributed by atoms with Gasteiger partial charge in [0, 0.05) is 12.0 Å². The second-order valence-electron chi connectivity index (χ2n) is 7.83. The van der Waals surface area contributed by atoms with Crippen LogP contribution in [0.1, 0.15) is 41.4 Å². The van der Waals surface area contributed by atoms with E-state index >= 15 is 0 Å². The van der Waals surface area contributed by atoms with Crippen LogP contribution in [0.4, 0.5) is 10.6 Å². The summed E-state index contributed by atoms with van der Waals surface area (Å²) in [6, 6.07) is 15.5. The fraction of sp³-hybridized carbons (Fsp3) is 0.261. The minimum atomic E-state index is -1.18. The van der Waals surface area contributed by atoms with Crippen molar-refractivity contribution < 1.29 is 28.9 Å². The zero-order valence-electron chi connectivity index (χ0n) is 18.0. The predicted octanol–water partition coefficient (Wildman–Crippen LogP) is 3.37. The molecule has 3 aromatic rings. The van der Waals surface area contributed by atoms with Crippen LogP contribution in [0.5, 0.6) is 0 Å². The van der Waals surface area contributed by atoms with Gasteiger partial charge < -0.3 is 14.7 Å². The van der Waals surface area contributed by atoms with Crippen molar-refractivity contribution in [3.8, 4) is 11.1 Å². The van der Waals surface area contributed by atoms with E-state index in [9.17, 15) is 14.4 Å². The molecule has 1 aliphatic carbocycles. The van der Waals surface area contributed by atoms with Gasteiger partial charge in [-0.1, -0.05) is 48.5 Å². The van der Waals surface area contributed by atoms with Crippen LogP contribution in [0.3, 0.4) is 0 Å². The van der Waals surface area contributed by atoms with E-state index in [1.54, 1.807) is 13.8 Å². The Bertz CT molecular complexity index is 1160. The van der Waals surface area contributed by atoms with E-state index in [-0.39, 0.29) is 24.0 Å². The van der Waals surface area contributed by atoms with Crippen LogP contribution in [0.25, 0.3) is 11.1 Å². The predicted molar refractivity (Wildman–Crippen MR) is 117 cm³/mol. The number of amides is 2. The molecule has 170 valence electrons. The number of hydrogen-bond acceptors (Lipinski definition) is 7. The number of rotatable bonds is 7. The quantitative estimate of drug-likeness (QED) is 0.559. The van der Waals surface area contributed by atoms with Crippen molar-refractivity contribution in [2.45, 2.75) is 25.8 Å². The van der Waals surface area contributed by atoms with Gasteiger partial charge in [0.2, 0.25) is 11.5 Å². The lowest BCUT2D eigenvalue weighted by Crippen LogP contribution is -2.41. The summed E-state index contributed by atoms with van der Waals surface area (Å²) in [7, 11) is 0. The van der Waals surface area contributed by atoms with Crippen LogP contribution in [0.15, 0.2) is 53.2 Å². The first-order valence-electron chi connectivity index (χ1n) is 10.3. The lowest BCUT2D eigenvalue weighted by molar-refractivity contribution is -0.138. The Balaban J connectivity index is 1.46. The van der Waals surface area contributed by atoms with Crippen molar-refractivity contribution in [2.24, 2.45) is 0 Å². The maximum absolute atomic E-state index is 12.7. The second kappa shape index (κ2) is 9.11. The number of fused-ring (bicyclic) bond motifs is 3. The van der Waals surface area contributed by atoms with Crippen molar-refractivity contribution >= 4 is 23.8 Å². The zero-order valence-corrected chi connectivity index (χ0v) is 18.0. The summed E-state index contributed by atoms with van der Waals surface area (Å²) < 4.78 is 10.0. The summed E-state index contributed by atoms with van der Waals surface area (Å²) in [6.07, 6.45) is -0.837. The summed E-state index contributed by atoms with van der Waals surface area (Å²) >= 11 is 0. The van der Waals surface area contributed by atoms with Crippen LogP contribution in [0.2, 0.25) is 0 Å². The minimum absolute atomic E-state index is 0.0750. The van der Waals surface area contributed by atoms with Gasteiger partial charge in [0.25, 0.3) is 5.91 Å². The number of hydrogen-bond donors (Lipinski definition) is 2. The zero-order chi connectivity index (χ0) is 23.5. The molecule has 0 unspecified atom stereocenters. The molecule has 0 aliphatic heterocycles. The smallest absolute Gasteiger partial charge is 0.412 e. The molecule has 4 rings (SSSR count). The van der Waals surface area contributed by atoms with Gasteiger partial charge in [-0.05, 0) is 46.4 Å². The number of ether oxygens (including phenoxy) is 1. The van der Waals surface area contributed by atoms with Crippen molar-refractivity contribution in [2.75, 3.05) is 18.5 Å². The number of carbonyl (C=O) groups excluding carboxylic acids is 2. The van der Waals surface area contributed by atoms with Gasteiger partial charge in [-0.2, -0.15) is 0 Å². The van der Waals surface area contributed by atoms with Crippen molar-refractivity contribution in [3.05, 3.63) is 65.4 Å². The first-order valence-corrected chi connectivity index (χ1v) is 10.3. The Labute approximate surface area is 189 Å². The third kappa shape index (κ3) is 4.40. The molecule has 1 aliphatic rings. The molecular weight excluding hydrogens is 428 g/mol. The van der Waals surface area contributed by atoms with Crippen LogP contribution < -0.4 is 5.32 Å². The molecule has 1 aromatic heterocycles. The average molecular weight is 450 g/mol. The lowest BCUT2D eigenvalue weighted by Gasteiger charge is -2.23. The minimum Gasteiger partial charge on any atom is -0.480 e. The van der Waals surface area contributed by atoms with E-state index in [2.05, 4.69) is 20.3 Å². The first kappa shape index (κ1) is 22.0. The maximum atomic E-state index is 12.7. The van der Waals surface area contributed by atoms with Gasteiger partial charge in [-0.15, -0.1) is 0 Å². The number of carbonyl (C=O) groups is 3. The summed E-state index contributed by atoms with van der Waals surface area (Å²) in [5, 5.41) is 18.5. The Morgan fingerprint density at radius 2 is 1.67 bits per heavy atom. The van der Waals surface area contributed by atoms with Crippen molar-refractivity contribution in [1.82, 2.24) is 15.2 Å². The van der Waals surface area contributed by atoms with Crippen LogP contribution in [0, 0.1) is 0 Å². The lowest BCUT2D eigenvalue weighted by atomic mass is 9.98. The molecule has 0 saturated carbocycles. The van der Waals surface area contributed by atoms with Crippen LogP contribution in [-0.4, -0.2) is 57.5 Å². The van der Waals surface area contributed by atoms with Crippen LogP contribution in [-0.2, 0) is 9.53 Å². The van der Waals surface area contributed by atoms with E-state index < -0.39 is 30.6 Å². The summed E-state index contributed by atoms with van der Waals surface area (Å²) in [4.78, 5) is 37.4. The Morgan fingerprint density at radius 1 is 1.06 bits per heavy atom. The molecule has 1 heterocycles. The molecule has 0 fully saturated rings. The first-order chi connectivity index (χ1) is 15.9. The number of anilines is 1. The standard InChI is InChI=1S/C23H22N4O6/c1-13(2)27(11-19(28)29)22(30)20-21(26-33-25-20)24-23(31)32-12-18-16-9-5-3-7-14(16)15-8-4-6-10-17(15)18/h3-10,13,18H,11-12H2,1-2H3,(H,28,29)(H,24,26,31). The second-order valence-corrected chi connectivity index (χ2v) is 7.83. The van der Waals surface area contributed by atoms with E-state index in [0.717, 1.165) is 27.2 Å². The van der Waals surface area contributed by atoms with Crippen molar-refractivity contribution in [3.63, 3.8) is 0 Å². The molecule has 10 nitrogen and oxygen atoms in total. The van der Waals surface area contributed by atoms with E-state index in [0.29, 0.717) is 0 Å². The van der Waals surface area contributed by atoms with Crippen molar-refractivity contribution in [1.29, 1.82) is 0 Å². The SMILES string of the molecule is CC(C)N(CC(=O)O)C(=O)c1nonc1NC(=O)OCC1c2ccccc2-c2ccccc21. The molecular formula is C23H22N4O6. The van der Waals surface area contributed by atoms with Gasteiger partial charge in [0.1, 0.15) is 13.2 Å². The highest BCUT2D eigenvalue weighted by Crippen LogP contribution is 2.44. The molecule has 10 heteroatoms. The largest absolute Gasteiger partial charge is 0.480 e. The number of nitrogens with one attached hydrogen (secondary N) is 1. The van der Waals surface area contributed by atoms with Gasteiger partial charge in [-0.3, -0.25) is 14.9 Å². The molecule has 0 atom stereocenters. The number of aliphatic carboxylic acids is 1. The summed E-state index contributed by atoms with van der Waals surface area (Å²) in [5.74, 6) is -2.29. The number of carboxylic acid groups (broad SMARTS) is 1. The molecule has 0 bridgehead atoms. The van der Waals surface area contributed by atoms with Gasteiger partial charge >= 0.3 is 12.1 Å². The topological polar surface area (TPSA) is 135 Å². The molecule has 0 spiro atoms. The normalized spacial score (nSPS) is 12.2. The van der Waals surface area contributed by atoms with E-state index in [4.69, 9.17) is 9.84 Å². The van der Waals surface area contributed by atoms with Gasteiger partial charge in [0.05, 0.1) is 0 Å². The van der Waals surface area contributed by atoms with E-state index in [1.165, 1.54) is 0 Å². The van der Waals surface area contributed by atoms with Gasteiger partial charge in [0.15, 0.2) is 0 Å². The van der Waals surface area contributed by atoms with Gasteiger partial charge in [-0.25, -0.2) is 9.42 Å². The third-order valence-electron chi connectivity index (χ3n) is 5.45.